The van der Waals surface area contributed by atoms with E-state index in [1.165, 1.54) is 31.2 Å². The standard InChI is InChI=1S/C27H39N5O/c1-20(2)32(21(3)33)31-17-15-30(16-18-31)26-9-5-4-7-24(26)19-22-11-13-23(14-12-22)25-8-6-10-27(28)29-25/h6,8,10-14,20,24,26H,4-5,7,9,15-19H2,1-3H3,(H2,28,29). The van der Waals surface area contributed by atoms with Gasteiger partial charge in [0.15, 0.2) is 0 Å². The number of aromatic nitrogens is 1. The topological polar surface area (TPSA) is 65.7 Å². The third kappa shape index (κ3) is 5.74. The van der Waals surface area contributed by atoms with Crippen LogP contribution in [0.3, 0.4) is 0 Å². The Kier molecular flexibility index (Phi) is 7.66. The number of nitrogens with zero attached hydrogens (tertiary/aromatic N) is 4. The van der Waals surface area contributed by atoms with Crippen LogP contribution in [-0.2, 0) is 11.2 Å². The number of amides is 1. The monoisotopic (exact) mass is 449 g/mol. The van der Waals surface area contributed by atoms with Crippen molar-refractivity contribution in [3.63, 3.8) is 0 Å². The fourth-order valence-corrected chi connectivity index (χ4v) is 5.78. The van der Waals surface area contributed by atoms with Crippen LogP contribution in [0, 0.1) is 5.92 Å². The average molecular weight is 450 g/mol. The number of nitrogen functional groups attached to an aromatic ring is 1. The Morgan fingerprint density at radius 2 is 1.76 bits per heavy atom. The Balaban J connectivity index is 1.38. The van der Waals surface area contributed by atoms with Crippen LogP contribution >= 0.6 is 0 Å². The summed E-state index contributed by atoms with van der Waals surface area (Å²) in [4.78, 5) is 19.3. The SMILES string of the molecule is CC(=O)N(C(C)C)N1CCN(C2CCCCC2Cc2ccc(-c3cccc(N)n3)cc2)CC1. The molecule has 33 heavy (non-hydrogen) atoms. The molecule has 2 heterocycles. The summed E-state index contributed by atoms with van der Waals surface area (Å²) >= 11 is 0. The molecule has 0 bridgehead atoms. The van der Waals surface area contributed by atoms with E-state index in [1.807, 2.05) is 23.2 Å². The van der Waals surface area contributed by atoms with E-state index in [2.05, 4.69) is 53.0 Å². The third-order valence-electron chi connectivity index (χ3n) is 7.26. The summed E-state index contributed by atoms with van der Waals surface area (Å²) in [7, 11) is 0. The lowest BCUT2D eigenvalue weighted by atomic mass is 9.79. The van der Waals surface area contributed by atoms with Gasteiger partial charge in [0.1, 0.15) is 5.82 Å². The van der Waals surface area contributed by atoms with Crippen LogP contribution in [0.5, 0.6) is 0 Å². The van der Waals surface area contributed by atoms with E-state index in [9.17, 15) is 4.79 Å². The minimum Gasteiger partial charge on any atom is -0.384 e. The van der Waals surface area contributed by atoms with Crippen molar-refractivity contribution < 1.29 is 4.79 Å². The molecule has 2 N–H and O–H groups in total. The molecule has 1 aromatic heterocycles. The second kappa shape index (κ2) is 10.7. The van der Waals surface area contributed by atoms with Crippen molar-refractivity contribution in [3.05, 3.63) is 48.0 Å². The van der Waals surface area contributed by atoms with Crippen LogP contribution in [-0.4, -0.2) is 64.1 Å². The van der Waals surface area contributed by atoms with E-state index < -0.39 is 0 Å². The highest BCUT2D eigenvalue weighted by Gasteiger charge is 2.34. The first-order valence-electron chi connectivity index (χ1n) is 12.5. The first-order valence-corrected chi connectivity index (χ1v) is 12.5. The first-order chi connectivity index (χ1) is 15.9. The highest BCUT2D eigenvalue weighted by molar-refractivity contribution is 5.73. The molecule has 1 amide bonds. The number of carbonyl (C=O) groups is 1. The first kappa shape index (κ1) is 23.7. The summed E-state index contributed by atoms with van der Waals surface area (Å²) < 4.78 is 0. The smallest absolute Gasteiger partial charge is 0.233 e. The quantitative estimate of drug-likeness (QED) is 0.715. The van der Waals surface area contributed by atoms with Gasteiger partial charge in [-0.15, -0.1) is 0 Å². The molecule has 1 saturated carbocycles. The summed E-state index contributed by atoms with van der Waals surface area (Å²) in [6.07, 6.45) is 6.37. The molecule has 2 atom stereocenters. The molecule has 1 aromatic carbocycles. The van der Waals surface area contributed by atoms with Gasteiger partial charge in [0.25, 0.3) is 0 Å². The molecule has 2 aliphatic rings. The van der Waals surface area contributed by atoms with E-state index in [1.54, 1.807) is 6.92 Å². The minimum absolute atomic E-state index is 0.144. The number of hydrazine groups is 1. The number of anilines is 1. The molecular formula is C27H39N5O. The zero-order chi connectivity index (χ0) is 23.4. The Labute approximate surface area is 198 Å². The zero-order valence-corrected chi connectivity index (χ0v) is 20.4. The van der Waals surface area contributed by atoms with Crippen molar-refractivity contribution in [2.75, 3.05) is 31.9 Å². The zero-order valence-electron chi connectivity index (χ0n) is 20.4. The van der Waals surface area contributed by atoms with Crippen molar-refractivity contribution in [3.8, 4) is 11.3 Å². The molecule has 0 spiro atoms. The Bertz CT molecular complexity index is 920. The van der Waals surface area contributed by atoms with Crippen LogP contribution in [0.1, 0.15) is 52.0 Å². The van der Waals surface area contributed by atoms with Crippen LogP contribution in [0.4, 0.5) is 5.82 Å². The van der Waals surface area contributed by atoms with Gasteiger partial charge in [0.2, 0.25) is 5.91 Å². The molecule has 178 valence electrons. The number of pyridine rings is 1. The van der Waals surface area contributed by atoms with E-state index >= 15 is 0 Å². The maximum atomic E-state index is 12.1. The molecule has 0 radical (unpaired) electrons. The summed E-state index contributed by atoms with van der Waals surface area (Å²) in [5, 5.41) is 4.19. The van der Waals surface area contributed by atoms with Crippen molar-refractivity contribution in [1.82, 2.24) is 19.9 Å². The summed E-state index contributed by atoms with van der Waals surface area (Å²) in [6, 6.07) is 15.5. The Morgan fingerprint density at radius 3 is 2.39 bits per heavy atom. The number of carbonyl (C=O) groups excluding carboxylic acids is 1. The van der Waals surface area contributed by atoms with Gasteiger partial charge in [0.05, 0.1) is 5.69 Å². The van der Waals surface area contributed by atoms with Crippen LogP contribution in [0.25, 0.3) is 11.3 Å². The van der Waals surface area contributed by atoms with E-state index in [4.69, 9.17) is 5.73 Å². The van der Waals surface area contributed by atoms with Gasteiger partial charge in [-0.05, 0) is 56.7 Å². The molecule has 4 rings (SSSR count). The lowest BCUT2D eigenvalue weighted by Gasteiger charge is -2.47. The van der Waals surface area contributed by atoms with Gasteiger partial charge >= 0.3 is 0 Å². The summed E-state index contributed by atoms with van der Waals surface area (Å²) in [5.41, 5.74) is 9.30. The average Bonchev–Trinajstić information content (AvgIpc) is 2.80. The molecule has 1 saturated heterocycles. The normalized spacial score (nSPS) is 22.4. The number of rotatable bonds is 6. The maximum absolute atomic E-state index is 12.1. The predicted molar refractivity (Wildman–Crippen MR) is 134 cm³/mol. The van der Waals surface area contributed by atoms with Gasteiger partial charge in [-0.2, -0.15) is 0 Å². The van der Waals surface area contributed by atoms with E-state index in [0.717, 1.165) is 43.9 Å². The molecule has 2 unspecified atom stereocenters. The molecule has 2 aromatic rings. The fourth-order valence-electron chi connectivity index (χ4n) is 5.78. The third-order valence-corrected chi connectivity index (χ3v) is 7.26. The van der Waals surface area contributed by atoms with E-state index in [0.29, 0.717) is 17.8 Å². The molecule has 1 aliphatic carbocycles. The van der Waals surface area contributed by atoms with Gasteiger partial charge in [-0.3, -0.25) is 14.7 Å². The Hall–Kier alpha value is -2.44. The largest absolute Gasteiger partial charge is 0.384 e. The highest BCUT2D eigenvalue weighted by atomic mass is 16.2. The number of hydrogen-bond acceptors (Lipinski definition) is 5. The van der Waals surface area contributed by atoms with Gasteiger partial charge < -0.3 is 5.73 Å². The molecule has 6 nitrogen and oxygen atoms in total. The van der Waals surface area contributed by atoms with Crippen molar-refractivity contribution in [2.24, 2.45) is 5.92 Å². The predicted octanol–water partition coefficient (Wildman–Crippen LogP) is 4.22. The van der Waals surface area contributed by atoms with Gasteiger partial charge in [-0.25, -0.2) is 9.99 Å². The molecule has 1 aliphatic heterocycles. The van der Waals surface area contributed by atoms with Crippen molar-refractivity contribution in [1.29, 1.82) is 0 Å². The van der Waals surface area contributed by atoms with Gasteiger partial charge in [0, 0.05) is 50.7 Å². The molecular weight excluding hydrogens is 410 g/mol. The number of nitrogens with two attached hydrogens (primary N) is 1. The second-order valence-electron chi connectivity index (χ2n) is 9.91. The van der Waals surface area contributed by atoms with Crippen LogP contribution < -0.4 is 5.73 Å². The number of piperazine rings is 1. The number of hydrogen-bond donors (Lipinski definition) is 1. The maximum Gasteiger partial charge on any atom is 0.233 e. The van der Waals surface area contributed by atoms with Crippen LogP contribution in [0.2, 0.25) is 0 Å². The van der Waals surface area contributed by atoms with Crippen molar-refractivity contribution >= 4 is 11.7 Å². The summed E-state index contributed by atoms with van der Waals surface area (Å²) in [6.45, 7) is 9.82. The van der Waals surface area contributed by atoms with Crippen molar-refractivity contribution in [2.45, 2.75) is 65.0 Å². The molecule has 6 heteroatoms. The van der Waals surface area contributed by atoms with Gasteiger partial charge in [-0.1, -0.05) is 43.2 Å². The second-order valence-corrected chi connectivity index (χ2v) is 9.91. The molecule has 2 fully saturated rings. The minimum atomic E-state index is 0.144. The lowest BCUT2D eigenvalue weighted by molar-refractivity contribution is -0.156. The Morgan fingerprint density at radius 1 is 1.06 bits per heavy atom. The fraction of sp³-hybridized carbons (Fsp3) is 0.556. The summed E-state index contributed by atoms with van der Waals surface area (Å²) in [5.74, 6) is 1.39. The van der Waals surface area contributed by atoms with E-state index in [-0.39, 0.29) is 11.9 Å². The van der Waals surface area contributed by atoms with Crippen LogP contribution in [0.15, 0.2) is 42.5 Å². The number of benzene rings is 1. The lowest BCUT2D eigenvalue weighted by Crippen LogP contribution is -2.59. The highest BCUT2D eigenvalue weighted by Crippen LogP contribution is 2.32.